The van der Waals surface area contributed by atoms with Gasteiger partial charge in [0.15, 0.2) is 0 Å². The van der Waals surface area contributed by atoms with E-state index in [-0.39, 0.29) is 12.3 Å². The van der Waals surface area contributed by atoms with Crippen LogP contribution in [0, 0.1) is 6.92 Å². The molecule has 0 atom stereocenters. The number of aromatic nitrogens is 1. The Bertz CT molecular complexity index is 979. The predicted molar refractivity (Wildman–Crippen MR) is 108 cm³/mol. The summed E-state index contributed by atoms with van der Waals surface area (Å²) in [4.78, 5) is 12.1. The highest BCUT2D eigenvalue weighted by atomic mass is 35.5. The van der Waals surface area contributed by atoms with E-state index in [0.717, 1.165) is 28.3 Å². The topological polar surface area (TPSA) is 55.6 Å². The SMILES string of the molecule is COc1cccc(CC(=O)N/N=C/c2cccn2-c2ccc(C)c(Cl)c2)c1. The molecule has 1 aromatic heterocycles. The molecule has 1 N–H and O–H groups in total. The summed E-state index contributed by atoms with van der Waals surface area (Å²) < 4.78 is 7.11. The molecule has 0 fully saturated rings. The second-order valence-corrected chi connectivity index (χ2v) is 6.47. The quantitative estimate of drug-likeness (QED) is 0.515. The minimum absolute atomic E-state index is 0.198. The first-order chi connectivity index (χ1) is 13.1. The highest BCUT2D eigenvalue weighted by molar-refractivity contribution is 6.31. The molecule has 0 bridgehead atoms. The standard InChI is InChI=1S/C21H20ClN3O2/c1-15-8-9-17(13-20(15)22)25-10-4-6-18(25)14-23-24-21(26)12-16-5-3-7-19(11-16)27-2/h3-11,13-14H,12H2,1-2H3,(H,24,26)/b23-14+. The van der Waals surface area contributed by atoms with Crippen LogP contribution in [0.15, 0.2) is 65.9 Å². The first-order valence-corrected chi connectivity index (χ1v) is 8.83. The summed E-state index contributed by atoms with van der Waals surface area (Å²) in [6.07, 6.45) is 3.75. The van der Waals surface area contributed by atoms with Crippen molar-refractivity contribution in [2.24, 2.45) is 5.10 Å². The normalized spacial score (nSPS) is 10.9. The number of halogens is 1. The Kier molecular flexibility index (Phi) is 5.94. The van der Waals surface area contributed by atoms with Gasteiger partial charge in [0.2, 0.25) is 5.91 Å². The zero-order valence-electron chi connectivity index (χ0n) is 15.1. The van der Waals surface area contributed by atoms with Crippen molar-refractivity contribution >= 4 is 23.7 Å². The number of benzene rings is 2. The number of hydrazone groups is 1. The Labute approximate surface area is 163 Å². The van der Waals surface area contributed by atoms with Gasteiger partial charge in [0, 0.05) is 16.9 Å². The van der Waals surface area contributed by atoms with Gasteiger partial charge in [0.25, 0.3) is 0 Å². The van der Waals surface area contributed by atoms with Crippen LogP contribution in [0.4, 0.5) is 0 Å². The minimum atomic E-state index is -0.198. The number of rotatable bonds is 6. The number of ether oxygens (including phenoxy) is 1. The van der Waals surface area contributed by atoms with Crippen molar-refractivity contribution in [2.75, 3.05) is 7.11 Å². The molecule has 0 saturated heterocycles. The average molecular weight is 382 g/mol. The Morgan fingerprint density at radius 3 is 2.85 bits per heavy atom. The fraction of sp³-hybridized carbons (Fsp3) is 0.143. The monoisotopic (exact) mass is 381 g/mol. The lowest BCUT2D eigenvalue weighted by Crippen LogP contribution is -2.20. The highest BCUT2D eigenvalue weighted by Gasteiger charge is 2.05. The summed E-state index contributed by atoms with van der Waals surface area (Å²) in [7, 11) is 1.60. The van der Waals surface area contributed by atoms with Crippen LogP contribution in [0.5, 0.6) is 5.75 Å². The molecule has 27 heavy (non-hydrogen) atoms. The number of nitrogens with zero attached hydrogens (tertiary/aromatic N) is 2. The molecule has 3 rings (SSSR count). The maximum Gasteiger partial charge on any atom is 0.244 e. The molecular weight excluding hydrogens is 362 g/mol. The van der Waals surface area contributed by atoms with Gasteiger partial charge in [-0.1, -0.05) is 29.8 Å². The molecule has 138 valence electrons. The van der Waals surface area contributed by atoms with Crippen LogP contribution in [-0.4, -0.2) is 23.8 Å². The molecule has 2 aromatic carbocycles. The zero-order chi connectivity index (χ0) is 19.2. The Morgan fingerprint density at radius 2 is 2.07 bits per heavy atom. The number of hydrogen-bond donors (Lipinski definition) is 1. The van der Waals surface area contributed by atoms with Crippen LogP contribution in [-0.2, 0) is 11.2 Å². The van der Waals surface area contributed by atoms with Crippen molar-refractivity contribution < 1.29 is 9.53 Å². The van der Waals surface area contributed by atoms with Crippen LogP contribution < -0.4 is 10.2 Å². The average Bonchev–Trinajstić information content (AvgIpc) is 3.12. The molecule has 0 spiro atoms. The molecule has 0 unspecified atom stereocenters. The maximum atomic E-state index is 12.1. The van der Waals surface area contributed by atoms with Gasteiger partial charge in [-0.25, -0.2) is 5.43 Å². The summed E-state index contributed by atoms with van der Waals surface area (Å²) in [6, 6.07) is 17.1. The number of amides is 1. The molecule has 0 radical (unpaired) electrons. The first-order valence-electron chi connectivity index (χ1n) is 8.45. The number of carbonyl (C=O) groups excluding carboxylic acids is 1. The number of nitrogens with one attached hydrogen (secondary N) is 1. The van der Waals surface area contributed by atoms with E-state index in [1.165, 1.54) is 0 Å². The van der Waals surface area contributed by atoms with E-state index in [2.05, 4.69) is 10.5 Å². The molecule has 1 heterocycles. The fourth-order valence-electron chi connectivity index (χ4n) is 2.64. The van der Waals surface area contributed by atoms with E-state index < -0.39 is 0 Å². The Morgan fingerprint density at radius 1 is 1.22 bits per heavy atom. The third-order valence-corrected chi connectivity index (χ3v) is 4.51. The molecule has 6 heteroatoms. The van der Waals surface area contributed by atoms with Crippen LogP contribution in [0.3, 0.4) is 0 Å². The van der Waals surface area contributed by atoms with Crippen molar-refractivity contribution in [3.05, 3.63) is 82.6 Å². The van der Waals surface area contributed by atoms with E-state index in [1.54, 1.807) is 13.3 Å². The lowest BCUT2D eigenvalue weighted by atomic mass is 10.1. The van der Waals surface area contributed by atoms with Crippen molar-refractivity contribution in [1.82, 2.24) is 9.99 Å². The van der Waals surface area contributed by atoms with Gasteiger partial charge in [0.1, 0.15) is 5.75 Å². The lowest BCUT2D eigenvalue weighted by molar-refractivity contribution is -0.120. The van der Waals surface area contributed by atoms with Crippen molar-refractivity contribution in [2.45, 2.75) is 13.3 Å². The van der Waals surface area contributed by atoms with Gasteiger partial charge in [-0.2, -0.15) is 5.10 Å². The van der Waals surface area contributed by atoms with E-state index in [9.17, 15) is 4.79 Å². The minimum Gasteiger partial charge on any atom is -0.497 e. The molecule has 3 aromatic rings. The van der Waals surface area contributed by atoms with Gasteiger partial charge >= 0.3 is 0 Å². The molecule has 0 aliphatic heterocycles. The molecule has 5 nitrogen and oxygen atoms in total. The van der Waals surface area contributed by atoms with Crippen molar-refractivity contribution in [3.63, 3.8) is 0 Å². The summed E-state index contributed by atoms with van der Waals surface area (Å²) in [5.41, 5.74) is 6.20. The summed E-state index contributed by atoms with van der Waals surface area (Å²) in [6.45, 7) is 1.96. The van der Waals surface area contributed by atoms with Gasteiger partial charge in [-0.3, -0.25) is 4.79 Å². The zero-order valence-corrected chi connectivity index (χ0v) is 15.9. The third kappa shape index (κ3) is 4.77. The summed E-state index contributed by atoms with van der Waals surface area (Å²) in [5, 5.41) is 4.77. The van der Waals surface area contributed by atoms with Crippen LogP contribution >= 0.6 is 11.6 Å². The van der Waals surface area contributed by atoms with Gasteiger partial charge in [-0.15, -0.1) is 0 Å². The third-order valence-electron chi connectivity index (χ3n) is 4.10. The second-order valence-electron chi connectivity index (χ2n) is 6.06. The Hall–Kier alpha value is -3.05. The molecule has 0 aliphatic carbocycles. The number of hydrogen-bond acceptors (Lipinski definition) is 3. The molecule has 0 aliphatic rings. The Balaban J connectivity index is 1.65. The van der Waals surface area contributed by atoms with Gasteiger partial charge < -0.3 is 9.30 Å². The first kappa shape index (κ1) is 18.7. The van der Waals surface area contributed by atoms with E-state index in [0.29, 0.717) is 5.02 Å². The second kappa shape index (κ2) is 8.56. The smallest absolute Gasteiger partial charge is 0.244 e. The van der Waals surface area contributed by atoms with Gasteiger partial charge in [-0.05, 0) is 54.4 Å². The van der Waals surface area contributed by atoms with E-state index in [4.69, 9.17) is 16.3 Å². The maximum absolute atomic E-state index is 12.1. The number of carbonyl (C=O) groups is 1. The van der Waals surface area contributed by atoms with Crippen LogP contribution in [0.2, 0.25) is 5.02 Å². The van der Waals surface area contributed by atoms with Crippen LogP contribution in [0.25, 0.3) is 5.69 Å². The predicted octanol–water partition coefficient (Wildman–Crippen LogP) is 4.14. The lowest BCUT2D eigenvalue weighted by Gasteiger charge is -2.08. The molecular formula is C21H20ClN3O2. The molecule has 0 saturated carbocycles. The van der Waals surface area contributed by atoms with Crippen molar-refractivity contribution in [3.8, 4) is 11.4 Å². The largest absolute Gasteiger partial charge is 0.497 e. The van der Waals surface area contributed by atoms with E-state index in [1.807, 2.05) is 72.3 Å². The van der Waals surface area contributed by atoms with Crippen molar-refractivity contribution in [1.29, 1.82) is 0 Å². The summed E-state index contributed by atoms with van der Waals surface area (Å²) >= 11 is 6.21. The molecule has 1 amide bonds. The summed E-state index contributed by atoms with van der Waals surface area (Å²) in [5.74, 6) is 0.523. The fourth-order valence-corrected chi connectivity index (χ4v) is 2.82. The highest BCUT2D eigenvalue weighted by Crippen LogP contribution is 2.20. The van der Waals surface area contributed by atoms with Gasteiger partial charge in [0.05, 0.1) is 25.4 Å². The number of methoxy groups -OCH3 is 1. The van der Waals surface area contributed by atoms with Crippen LogP contribution in [0.1, 0.15) is 16.8 Å². The number of aryl methyl sites for hydroxylation is 1. The van der Waals surface area contributed by atoms with E-state index >= 15 is 0 Å².